The summed E-state index contributed by atoms with van der Waals surface area (Å²) in [6, 6.07) is 2.72. The number of halogens is 2. The molecule has 15 heavy (non-hydrogen) atoms. The van der Waals surface area contributed by atoms with Gasteiger partial charge >= 0.3 is 0 Å². The van der Waals surface area contributed by atoms with Crippen molar-refractivity contribution in [1.82, 2.24) is 0 Å². The first-order chi connectivity index (χ1) is 7.20. The van der Waals surface area contributed by atoms with Crippen LogP contribution in [-0.4, -0.2) is 13.7 Å². The molecule has 0 amide bonds. The summed E-state index contributed by atoms with van der Waals surface area (Å²) in [4.78, 5) is 0. The lowest BCUT2D eigenvalue weighted by Crippen LogP contribution is -2.05. The fraction of sp³-hybridized carbons (Fsp3) is 0.455. The highest BCUT2D eigenvalue weighted by molar-refractivity contribution is 5.27. The van der Waals surface area contributed by atoms with Gasteiger partial charge in [0.1, 0.15) is 11.6 Å². The molecule has 2 N–H and O–H groups in total. The Morgan fingerprint density at radius 3 is 2.67 bits per heavy atom. The molecule has 0 spiro atoms. The Kier molecular flexibility index (Phi) is 4.65. The van der Waals surface area contributed by atoms with Gasteiger partial charge in [-0.3, -0.25) is 0 Å². The van der Waals surface area contributed by atoms with Gasteiger partial charge < -0.3 is 10.5 Å². The third kappa shape index (κ3) is 2.97. The molecule has 1 aromatic carbocycles. The third-order valence-electron chi connectivity index (χ3n) is 2.20. The standard InChI is InChI=1S/C11H15F2NO/c1-15-7-9-10(12)5-4-8(11(9)13)3-2-6-14/h4-5H,2-3,6-7,14H2,1H3. The molecule has 0 bridgehead atoms. The fourth-order valence-corrected chi connectivity index (χ4v) is 1.41. The number of nitrogens with two attached hydrogens (primary N) is 1. The largest absolute Gasteiger partial charge is 0.380 e. The molecule has 1 rings (SSSR count). The van der Waals surface area contributed by atoms with Crippen molar-refractivity contribution < 1.29 is 13.5 Å². The minimum atomic E-state index is -0.564. The van der Waals surface area contributed by atoms with Gasteiger partial charge in [0, 0.05) is 12.7 Å². The second kappa shape index (κ2) is 5.78. The van der Waals surface area contributed by atoms with E-state index in [1.165, 1.54) is 19.2 Å². The van der Waals surface area contributed by atoms with Crippen LogP contribution in [0.2, 0.25) is 0 Å². The minimum Gasteiger partial charge on any atom is -0.380 e. The smallest absolute Gasteiger partial charge is 0.134 e. The van der Waals surface area contributed by atoms with Crippen LogP contribution in [0.5, 0.6) is 0 Å². The Balaban J connectivity index is 2.94. The number of hydrogen-bond donors (Lipinski definition) is 1. The first-order valence-corrected chi connectivity index (χ1v) is 4.85. The van der Waals surface area contributed by atoms with Gasteiger partial charge in [-0.1, -0.05) is 6.07 Å². The summed E-state index contributed by atoms with van der Waals surface area (Å²) in [5.41, 5.74) is 5.82. The molecule has 0 saturated carbocycles. The third-order valence-corrected chi connectivity index (χ3v) is 2.20. The number of rotatable bonds is 5. The molecular weight excluding hydrogens is 200 g/mol. The van der Waals surface area contributed by atoms with Gasteiger partial charge in [0.15, 0.2) is 0 Å². The summed E-state index contributed by atoms with van der Waals surface area (Å²) in [6.07, 6.45) is 1.22. The zero-order valence-corrected chi connectivity index (χ0v) is 8.72. The molecule has 1 aromatic rings. The Bertz CT molecular complexity index is 329. The highest BCUT2D eigenvalue weighted by Crippen LogP contribution is 2.18. The molecule has 4 heteroatoms. The summed E-state index contributed by atoms with van der Waals surface area (Å²) in [5, 5.41) is 0. The van der Waals surface area contributed by atoms with Crippen molar-refractivity contribution in [2.24, 2.45) is 5.73 Å². The Hall–Kier alpha value is -1.00. The van der Waals surface area contributed by atoms with Crippen LogP contribution in [0.15, 0.2) is 12.1 Å². The lowest BCUT2D eigenvalue weighted by molar-refractivity contribution is 0.177. The van der Waals surface area contributed by atoms with Gasteiger partial charge in [-0.25, -0.2) is 8.78 Å². The molecule has 2 nitrogen and oxygen atoms in total. The van der Waals surface area contributed by atoms with Crippen molar-refractivity contribution in [3.05, 3.63) is 34.9 Å². The van der Waals surface area contributed by atoms with Crippen LogP contribution in [0.4, 0.5) is 8.78 Å². The Morgan fingerprint density at radius 2 is 2.07 bits per heavy atom. The molecule has 0 aliphatic rings. The topological polar surface area (TPSA) is 35.2 Å². The van der Waals surface area contributed by atoms with Crippen LogP contribution in [0.1, 0.15) is 17.5 Å². The zero-order chi connectivity index (χ0) is 11.3. The zero-order valence-electron chi connectivity index (χ0n) is 8.72. The first kappa shape index (κ1) is 12.1. The van der Waals surface area contributed by atoms with Crippen molar-refractivity contribution >= 4 is 0 Å². The van der Waals surface area contributed by atoms with Crippen molar-refractivity contribution in [3.63, 3.8) is 0 Å². The number of ether oxygens (including phenoxy) is 1. The van der Waals surface area contributed by atoms with Crippen molar-refractivity contribution in [1.29, 1.82) is 0 Å². The lowest BCUT2D eigenvalue weighted by atomic mass is 10.0. The molecule has 0 atom stereocenters. The van der Waals surface area contributed by atoms with E-state index < -0.39 is 11.6 Å². The number of benzene rings is 1. The predicted molar refractivity (Wildman–Crippen MR) is 54.4 cm³/mol. The maximum atomic E-state index is 13.7. The van der Waals surface area contributed by atoms with Gasteiger partial charge in [0.05, 0.1) is 6.61 Å². The van der Waals surface area contributed by atoms with E-state index >= 15 is 0 Å². The van der Waals surface area contributed by atoms with E-state index in [-0.39, 0.29) is 12.2 Å². The molecule has 0 heterocycles. The molecule has 0 unspecified atom stereocenters. The number of methoxy groups -OCH3 is 1. The van der Waals surface area contributed by atoms with E-state index in [1.54, 1.807) is 0 Å². The van der Waals surface area contributed by atoms with Crippen molar-refractivity contribution in [2.75, 3.05) is 13.7 Å². The maximum absolute atomic E-state index is 13.7. The second-order valence-electron chi connectivity index (χ2n) is 3.32. The molecule has 0 fully saturated rings. The maximum Gasteiger partial charge on any atom is 0.134 e. The van der Waals surface area contributed by atoms with Gasteiger partial charge in [-0.05, 0) is 31.0 Å². The number of hydrogen-bond acceptors (Lipinski definition) is 2. The summed E-state index contributed by atoms with van der Waals surface area (Å²) < 4.78 is 31.6. The van der Waals surface area contributed by atoms with Gasteiger partial charge in [0.25, 0.3) is 0 Å². The summed E-state index contributed by atoms with van der Waals surface area (Å²) in [5.74, 6) is -1.07. The normalized spacial score (nSPS) is 10.7. The van der Waals surface area contributed by atoms with Gasteiger partial charge in [-0.15, -0.1) is 0 Å². The van der Waals surface area contributed by atoms with Gasteiger partial charge in [-0.2, -0.15) is 0 Å². The Labute approximate surface area is 88.0 Å². The van der Waals surface area contributed by atoms with Gasteiger partial charge in [0.2, 0.25) is 0 Å². The highest BCUT2D eigenvalue weighted by atomic mass is 19.1. The molecule has 0 aromatic heterocycles. The van der Waals surface area contributed by atoms with Crippen LogP contribution in [-0.2, 0) is 17.8 Å². The van der Waals surface area contributed by atoms with Crippen LogP contribution in [0.25, 0.3) is 0 Å². The molecule has 0 saturated heterocycles. The molecule has 84 valence electrons. The van der Waals surface area contributed by atoms with E-state index in [0.717, 1.165) is 0 Å². The number of aryl methyl sites for hydroxylation is 1. The van der Waals surface area contributed by atoms with Crippen molar-refractivity contribution in [3.8, 4) is 0 Å². The minimum absolute atomic E-state index is 0.00739. The van der Waals surface area contributed by atoms with Crippen LogP contribution in [0, 0.1) is 11.6 Å². The van der Waals surface area contributed by atoms with Crippen LogP contribution >= 0.6 is 0 Å². The average molecular weight is 215 g/mol. The Morgan fingerprint density at radius 1 is 1.33 bits per heavy atom. The highest BCUT2D eigenvalue weighted by Gasteiger charge is 2.12. The van der Waals surface area contributed by atoms with E-state index in [0.29, 0.717) is 24.9 Å². The summed E-state index contributed by atoms with van der Waals surface area (Å²) >= 11 is 0. The monoisotopic (exact) mass is 215 g/mol. The molecular formula is C11H15F2NO. The average Bonchev–Trinajstić information content (AvgIpc) is 2.23. The second-order valence-corrected chi connectivity index (χ2v) is 3.32. The summed E-state index contributed by atoms with van der Waals surface area (Å²) in [6.45, 7) is 0.449. The molecule has 0 aliphatic heterocycles. The SMILES string of the molecule is COCc1c(F)ccc(CCCN)c1F. The molecule has 0 radical (unpaired) electrons. The van der Waals surface area contributed by atoms with E-state index in [4.69, 9.17) is 10.5 Å². The quantitative estimate of drug-likeness (QED) is 0.815. The predicted octanol–water partition coefficient (Wildman–Crippen LogP) is 2.00. The molecule has 0 aliphatic carbocycles. The van der Waals surface area contributed by atoms with E-state index in [1.807, 2.05) is 0 Å². The fourth-order valence-electron chi connectivity index (χ4n) is 1.41. The van der Waals surface area contributed by atoms with Crippen LogP contribution < -0.4 is 5.73 Å². The van der Waals surface area contributed by atoms with E-state index in [2.05, 4.69) is 0 Å². The van der Waals surface area contributed by atoms with Crippen molar-refractivity contribution in [2.45, 2.75) is 19.4 Å². The first-order valence-electron chi connectivity index (χ1n) is 4.85. The van der Waals surface area contributed by atoms with Crippen LogP contribution in [0.3, 0.4) is 0 Å². The van der Waals surface area contributed by atoms with E-state index in [9.17, 15) is 8.78 Å². The lowest BCUT2D eigenvalue weighted by Gasteiger charge is -2.08. The summed E-state index contributed by atoms with van der Waals surface area (Å²) in [7, 11) is 1.41.